The minimum absolute atomic E-state index is 0.461. The van der Waals surface area contributed by atoms with Crippen molar-refractivity contribution in [3.8, 4) is 33.4 Å². The van der Waals surface area contributed by atoms with Crippen LogP contribution in [0.25, 0.3) is 53.6 Å². The zero-order valence-electron chi connectivity index (χ0n) is 34.9. The molecule has 3 aliphatic carbocycles. The largest absolute Gasteiger partial charge is 0.310 e. The highest BCUT2D eigenvalue weighted by Crippen LogP contribution is 2.64. The number of rotatable bonds is 5. The number of fused-ring (bicyclic) bond motifs is 16. The summed E-state index contributed by atoms with van der Waals surface area (Å²) in [5.74, 6) is 0. The molecular weight excluding hydrogens is 791 g/mol. The second-order valence-electron chi connectivity index (χ2n) is 17.5. The fraction of sp³-hybridized carbons (Fsp3) is 0.0323. The molecule has 1 nitrogen and oxygen atoms in total. The van der Waals surface area contributed by atoms with Crippen LogP contribution in [0.15, 0.2) is 237 Å². The van der Waals surface area contributed by atoms with Crippen molar-refractivity contribution < 1.29 is 0 Å². The average molecular weight is 830 g/mol. The SMILES string of the molecule is c1ccc(C2(c3ccccc3)c3ccccc3-c3ccc(N(c4ccc5c(c4)C4(c6ccccc6-c6ccccc64)c4ccccc4-5)c4cccc5sc6ccccc6c45)cc32)cc1. The summed E-state index contributed by atoms with van der Waals surface area (Å²) < 4.78 is 2.58. The van der Waals surface area contributed by atoms with Crippen molar-refractivity contribution in [2.24, 2.45) is 0 Å². The van der Waals surface area contributed by atoms with Crippen molar-refractivity contribution in [1.82, 2.24) is 0 Å². The van der Waals surface area contributed by atoms with E-state index < -0.39 is 10.8 Å². The van der Waals surface area contributed by atoms with Crippen molar-refractivity contribution in [1.29, 1.82) is 0 Å². The smallest absolute Gasteiger partial charge is 0.0726 e. The van der Waals surface area contributed by atoms with E-state index in [2.05, 4.69) is 241 Å². The van der Waals surface area contributed by atoms with Crippen LogP contribution in [-0.4, -0.2) is 0 Å². The molecule has 0 radical (unpaired) electrons. The molecule has 0 bridgehead atoms. The number of hydrogen-bond acceptors (Lipinski definition) is 2. The van der Waals surface area contributed by atoms with Crippen LogP contribution in [0.3, 0.4) is 0 Å². The third-order valence-corrected chi connectivity index (χ3v) is 15.7. The first-order chi connectivity index (χ1) is 31.8. The summed E-state index contributed by atoms with van der Waals surface area (Å²) in [6, 6.07) is 89.0. The second-order valence-corrected chi connectivity index (χ2v) is 18.5. The molecule has 2 heteroatoms. The van der Waals surface area contributed by atoms with Gasteiger partial charge in [-0.3, -0.25) is 0 Å². The fourth-order valence-corrected chi connectivity index (χ4v) is 13.3. The van der Waals surface area contributed by atoms with Gasteiger partial charge in [-0.15, -0.1) is 11.3 Å². The van der Waals surface area contributed by atoms with Crippen molar-refractivity contribution in [2.45, 2.75) is 10.8 Å². The van der Waals surface area contributed by atoms with E-state index in [1.165, 1.54) is 104 Å². The molecule has 10 aromatic carbocycles. The van der Waals surface area contributed by atoms with E-state index in [4.69, 9.17) is 0 Å². The number of benzene rings is 10. The van der Waals surface area contributed by atoms with Crippen LogP contribution in [0.2, 0.25) is 0 Å². The van der Waals surface area contributed by atoms with Crippen molar-refractivity contribution in [2.75, 3.05) is 4.90 Å². The van der Waals surface area contributed by atoms with Gasteiger partial charge < -0.3 is 4.90 Å². The highest BCUT2D eigenvalue weighted by molar-refractivity contribution is 7.26. The zero-order chi connectivity index (χ0) is 42.0. The van der Waals surface area contributed by atoms with E-state index in [9.17, 15) is 0 Å². The molecule has 14 rings (SSSR count). The Labute approximate surface area is 376 Å². The maximum Gasteiger partial charge on any atom is 0.0726 e. The van der Waals surface area contributed by atoms with Gasteiger partial charge >= 0.3 is 0 Å². The predicted octanol–water partition coefficient (Wildman–Crippen LogP) is 16.2. The Kier molecular flexibility index (Phi) is 7.47. The molecule has 3 aliphatic rings. The van der Waals surface area contributed by atoms with Crippen molar-refractivity contribution >= 4 is 48.6 Å². The molecule has 0 aliphatic heterocycles. The average Bonchev–Trinajstić information content (AvgIpc) is 4.08. The molecule has 0 amide bonds. The lowest BCUT2D eigenvalue weighted by Gasteiger charge is -2.35. The number of hydrogen-bond donors (Lipinski definition) is 0. The minimum Gasteiger partial charge on any atom is -0.310 e. The topological polar surface area (TPSA) is 3.24 Å². The Morgan fingerprint density at radius 3 is 1.23 bits per heavy atom. The fourth-order valence-electron chi connectivity index (χ4n) is 12.2. The van der Waals surface area contributed by atoms with Crippen LogP contribution in [-0.2, 0) is 10.8 Å². The van der Waals surface area contributed by atoms with Crippen LogP contribution >= 0.6 is 11.3 Å². The molecule has 0 saturated carbocycles. The van der Waals surface area contributed by atoms with Crippen LogP contribution in [0.1, 0.15) is 44.5 Å². The highest BCUT2D eigenvalue weighted by Gasteiger charge is 2.52. The third-order valence-electron chi connectivity index (χ3n) is 14.6. The summed E-state index contributed by atoms with van der Waals surface area (Å²) in [5.41, 5.74) is 20.7. The van der Waals surface area contributed by atoms with Gasteiger partial charge in [0.1, 0.15) is 0 Å². The van der Waals surface area contributed by atoms with Gasteiger partial charge in [-0.05, 0) is 120 Å². The van der Waals surface area contributed by atoms with Gasteiger partial charge in [-0.25, -0.2) is 0 Å². The molecule has 0 saturated heterocycles. The third kappa shape index (κ3) is 4.57. The first-order valence-electron chi connectivity index (χ1n) is 22.3. The molecule has 0 atom stereocenters. The van der Waals surface area contributed by atoms with E-state index in [0.717, 1.165) is 11.4 Å². The first-order valence-corrected chi connectivity index (χ1v) is 23.1. The highest BCUT2D eigenvalue weighted by atomic mass is 32.1. The Balaban J connectivity index is 1.09. The van der Waals surface area contributed by atoms with E-state index in [0.29, 0.717) is 0 Å². The molecule has 64 heavy (non-hydrogen) atoms. The van der Waals surface area contributed by atoms with Gasteiger partial charge in [0.05, 0.1) is 16.5 Å². The molecule has 0 fully saturated rings. The van der Waals surface area contributed by atoms with E-state index >= 15 is 0 Å². The summed E-state index contributed by atoms with van der Waals surface area (Å²) in [7, 11) is 0. The summed E-state index contributed by atoms with van der Waals surface area (Å²) in [5, 5.41) is 2.56. The van der Waals surface area contributed by atoms with Crippen LogP contribution in [0.5, 0.6) is 0 Å². The summed E-state index contributed by atoms with van der Waals surface area (Å²) in [4.78, 5) is 2.56. The summed E-state index contributed by atoms with van der Waals surface area (Å²) in [6.07, 6.45) is 0. The molecular formula is C62H39NS. The number of thiophene rings is 1. The molecule has 1 aromatic heterocycles. The van der Waals surface area contributed by atoms with Crippen molar-refractivity contribution in [3.05, 3.63) is 281 Å². The lowest BCUT2D eigenvalue weighted by atomic mass is 9.67. The van der Waals surface area contributed by atoms with E-state index in [1.54, 1.807) is 0 Å². The van der Waals surface area contributed by atoms with Gasteiger partial charge in [-0.2, -0.15) is 0 Å². The lowest BCUT2D eigenvalue weighted by Crippen LogP contribution is -2.28. The lowest BCUT2D eigenvalue weighted by molar-refractivity contribution is 0.768. The normalized spacial score (nSPS) is 14.2. The molecule has 1 heterocycles. The predicted molar refractivity (Wildman–Crippen MR) is 268 cm³/mol. The number of nitrogens with zero attached hydrogens (tertiary/aromatic N) is 1. The molecule has 11 aromatic rings. The Bertz CT molecular complexity index is 3480. The maximum atomic E-state index is 2.56. The van der Waals surface area contributed by atoms with Gasteiger partial charge in [0.15, 0.2) is 0 Å². The monoisotopic (exact) mass is 829 g/mol. The summed E-state index contributed by atoms with van der Waals surface area (Å²) >= 11 is 1.87. The van der Waals surface area contributed by atoms with Crippen molar-refractivity contribution in [3.63, 3.8) is 0 Å². The van der Waals surface area contributed by atoms with Gasteiger partial charge in [0, 0.05) is 31.5 Å². The molecule has 0 unspecified atom stereocenters. The first kappa shape index (κ1) is 35.8. The summed E-state index contributed by atoms with van der Waals surface area (Å²) in [6.45, 7) is 0. The second kappa shape index (κ2) is 13.4. The standard InChI is InChI=1S/C62H39NS/c1-3-18-40(19-4-1)61(41-20-5-2-6-21-41)51-27-12-7-24-46(51)48-36-34-42(38-55(48)61)63(57-31-17-33-59-60(57)50-26-11-16-32-58(50)64-59)43-35-37-49-47-25-10-15-30-54(47)62(56(49)39-43)52-28-13-8-22-44(52)45-23-9-14-29-53(45)62/h1-39H. The van der Waals surface area contributed by atoms with Crippen LogP contribution in [0.4, 0.5) is 17.1 Å². The van der Waals surface area contributed by atoms with Gasteiger partial charge in [0.2, 0.25) is 0 Å². The number of anilines is 3. The molecule has 0 N–H and O–H groups in total. The minimum atomic E-state index is -0.530. The quantitative estimate of drug-likeness (QED) is 0.167. The van der Waals surface area contributed by atoms with Gasteiger partial charge in [0.25, 0.3) is 0 Å². The van der Waals surface area contributed by atoms with Gasteiger partial charge in [-0.1, -0.05) is 194 Å². The van der Waals surface area contributed by atoms with Crippen LogP contribution in [0, 0.1) is 0 Å². The molecule has 1 spiro atoms. The Hall–Kier alpha value is -7.78. The van der Waals surface area contributed by atoms with E-state index in [1.807, 2.05) is 11.3 Å². The molecule has 298 valence electrons. The van der Waals surface area contributed by atoms with E-state index in [-0.39, 0.29) is 0 Å². The maximum absolute atomic E-state index is 2.56. The zero-order valence-corrected chi connectivity index (χ0v) is 35.7. The Morgan fingerprint density at radius 2 is 0.703 bits per heavy atom. The Morgan fingerprint density at radius 1 is 0.297 bits per heavy atom. The van der Waals surface area contributed by atoms with Crippen LogP contribution < -0.4 is 4.90 Å².